The van der Waals surface area contributed by atoms with Crippen LogP contribution in [0.3, 0.4) is 0 Å². The van der Waals surface area contributed by atoms with Crippen LogP contribution < -0.4 is 0 Å². The minimum absolute atomic E-state index is 0.165. The van der Waals surface area contributed by atoms with Gasteiger partial charge in [0.1, 0.15) is 5.67 Å². The Bertz CT molecular complexity index is 1270. The summed E-state index contributed by atoms with van der Waals surface area (Å²) in [6.07, 6.45) is 16.4. The molecule has 0 radical (unpaired) electrons. The summed E-state index contributed by atoms with van der Waals surface area (Å²) in [5.74, 6) is 0.174. The molecule has 0 amide bonds. The van der Waals surface area contributed by atoms with Gasteiger partial charge in [-0.1, -0.05) is 95.0 Å². The van der Waals surface area contributed by atoms with E-state index in [1.165, 1.54) is 50.3 Å². The van der Waals surface area contributed by atoms with E-state index in [1.807, 2.05) is 11.8 Å². The van der Waals surface area contributed by atoms with Crippen LogP contribution in [0.25, 0.3) is 5.57 Å². The van der Waals surface area contributed by atoms with Gasteiger partial charge in [-0.05, 0) is 137 Å². The van der Waals surface area contributed by atoms with E-state index < -0.39 is 5.67 Å². The zero-order valence-corrected chi connectivity index (χ0v) is 29.0. The summed E-state index contributed by atoms with van der Waals surface area (Å²) in [4.78, 5) is 1.27. The number of hydrogen-bond donors (Lipinski definition) is 0. The molecule has 1 aromatic rings. The first-order valence-electron chi connectivity index (χ1n) is 16.4. The molecule has 1 saturated carbocycles. The van der Waals surface area contributed by atoms with Crippen LogP contribution >= 0.6 is 11.8 Å². The van der Waals surface area contributed by atoms with Gasteiger partial charge in [-0.15, -0.1) is 11.8 Å². The van der Waals surface area contributed by atoms with Crippen LogP contribution in [0, 0.1) is 5.92 Å². The molecule has 0 heterocycles. The third-order valence-corrected chi connectivity index (χ3v) is 11.1. The lowest BCUT2D eigenvalue weighted by atomic mass is 9.78. The highest BCUT2D eigenvalue weighted by atomic mass is 32.2. The van der Waals surface area contributed by atoms with Crippen LogP contribution in [-0.2, 0) is 0 Å². The van der Waals surface area contributed by atoms with Crippen LogP contribution in [-0.4, -0.2) is 10.4 Å². The Balaban J connectivity index is 2.07. The van der Waals surface area contributed by atoms with Crippen LogP contribution in [0.4, 0.5) is 4.39 Å². The average molecular weight is 589 g/mol. The van der Waals surface area contributed by atoms with Gasteiger partial charge >= 0.3 is 0 Å². The maximum atomic E-state index is 16.0. The molecule has 1 fully saturated rings. The second-order valence-corrected chi connectivity index (χ2v) is 15.3. The first-order chi connectivity index (χ1) is 19.8. The first kappa shape index (κ1) is 34.4. The highest BCUT2D eigenvalue weighted by Gasteiger charge is 2.33. The van der Waals surface area contributed by atoms with Crippen LogP contribution in [0.5, 0.6) is 0 Å². The molecule has 0 spiro atoms. The van der Waals surface area contributed by atoms with Crippen molar-refractivity contribution < 1.29 is 4.39 Å². The molecule has 0 aromatic heterocycles. The van der Waals surface area contributed by atoms with Gasteiger partial charge in [0.2, 0.25) is 0 Å². The lowest BCUT2D eigenvalue weighted by molar-refractivity contribution is 0.0823. The molecule has 2 aliphatic carbocycles. The third-order valence-electron chi connectivity index (χ3n) is 9.78. The summed E-state index contributed by atoms with van der Waals surface area (Å²) in [6, 6.07) is 8.93. The summed E-state index contributed by atoms with van der Waals surface area (Å²) < 4.78 is 16.1. The van der Waals surface area contributed by atoms with E-state index in [4.69, 9.17) is 6.58 Å². The van der Waals surface area contributed by atoms with Crippen molar-refractivity contribution in [3.05, 3.63) is 93.6 Å². The quantitative estimate of drug-likeness (QED) is 0.173. The Labute approximate surface area is 262 Å². The SMILES string of the molecule is C=C(/C(C)=C\C(=C/C)C1=C(C)CCC(C)=C1C)/C(=C\C(CC)CC1(F)CCCCC1)c1cccc(SC(C)(C)CC)c1. The van der Waals surface area contributed by atoms with E-state index in [9.17, 15) is 0 Å². The standard InChI is InChI=1S/C40H57FS/c1-11-33(27-40(41)22-15-14-16-23-40)25-37(35-18-17-19-36(26-35)42-39(9,10)13-3)31(7)30(6)24-34(12-2)38-29(5)21-20-28(4)32(38)8/h12,17-19,24-26,33H,7,11,13-16,20-23,27H2,1-6,8-10H3/b30-24-,34-12+,37-25+. The summed E-state index contributed by atoms with van der Waals surface area (Å²) in [7, 11) is 0. The van der Waals surface area contributed by atoms with E-state index in [0.717, 1.165) is 49.7 Å². The van der Waals surface area contributed by atoms with Gasteiger partial charge in [-0.3, -0.25) is 0 Å². The molecule has 0 aliphatic heterocycles. The smallest absolute Gasteiger partial charge is 0.111 e. The predicted octanol–water partition coefficient (Wildman–Crippen LogP) is 13.3. The second-order valence-electron chi connectivity index (χ2n) is 13.5. The summed E-state index contributed by atoms with van der Waals surface area (Å²) >= 11 is 1.93. The van der Waals surface area contributed by atoms with Crippen molar-refractivity contribution in [3.8, 4) is 0 Å². The minimum Gasteiger partial charge on any atom is -0.244 e. The molecule has 42 heavy (non-hydrogen) atoms. The zero-order valence-electron chi connectivity index (χ0n) is 28.2. The molecule has 3 rings (SSSR count). The van der Waals surface area contributed by atoms with Gasteiger partial charge in [0.15, 0.2) is 0 Å². The molecule has 0 N–H and O–H groups in total. The van der Waals surface area contributed by atoms with Crippen molar-refractivity contribution >= 4 is 17.3 Å². The molecule has 0 nitrogen and oxygen atoms in total. The molecular formula is C40H57FS. The second kappa shape index (κ2) is 15.1. The van der Waals surface area contributed by atoms with E-state index >= 15 is 4.39 Å². The topological polar surface area (TPSA) is 0 Å². The highest BCUT2D eigenvalue weighted by Crippen LogP contribution is 2.42. The molecule has 230 valence electrons. The number of alkyl halides is 1. The maximum Gasteiger partial charge on any atom is 0.111 e. The van der Waals surface area contributed by atoms with Crippen molar-refractivity contribution in [1.82, 2.24) is 0 Å². The Morgan fingerprint density at radius 3 is 2.36 bits per heavy atom. The van der Waals surface area contributed by atoms with Crippen molar-refractivity contribution in [2.45, 2.75) is 142 Å². The van der Waals surface area contributed by atoms with Crippen LogP contribution in [0.15, 0.2) is 93.0 Å². The fraction of sp³-hybridized carbons (Fsp3) is 0.550. The molecule has 0 bridgehead atoms. The van der Waals surface area contributed by atoms with E-state index in [0.29, 0.717) is 19.3 Å². The Kier molecular flexibility index (Phi) is 12.4. The van der Waals surface area contributed by atoms with Crippen molar-refractivity contribution in [3.63, 3.8) is 0 Å². The lowest BCUT2D eigenvalue weighted by Gasteiger charge is -2.32. The highest BCUT2D eigenvalue weighted by molar-refractivity contribution is 8.00. The number of hydrogen-bond acceptors (Lipinski definition) is 1. The van der Waals surface area contributed by atoms with Gasteiger partial charge < -0.3 is 0 Å². The van der Waals surface area contributed by atoms with Gasteiger partial charge in [-0.25, -0.2) is 4.39 Å². The summed E-state index contributed by atoms with van der Waals surface area (Å²) in [5, 5.41) is 0. The van der Waals surface area contributed by atoms with Gasteiger partial charge in [-0.2, -0.15) is 0 Å². The zero-order chi connectivity index (χ0) is 31.1. The number of benzene rings is 1. The van der Waals surface area contributed by atoms with Gasteiger partial charge in [0.25, 0.3) is 0 Å². The fourth-order valence-corrected chi connectivity index (χ4v) is 7.54. The first-order valence-corrected chi connectivity index (χ1v) is 17.3. The predicted molar refractivity (Wildman–Crippen MR) is 187 cm³/mol. The molecular weight excluding hydrogens is 532 g/mol. The number of allylic oxidation sites excluding steroid dienone is 11. The monoisotopic (exact) mass is 588 g/mol. The average Bonchev–Trinajstić information content (AvgIpc) is 2.96. The molecule has 1 atom stereocenters. The van der Waals surface area contributed by atoms with E-state index in [1.54, 1.807) is 0 Å². The maximum absolute atomic E-state index is 16.0. The fourth-order valence-electron chi connectivity index (χ4n) is 6.42. The number of halogens is 1. The van der Waals surface area contributed by atoms with Gasteiger partial charge in [0, 0.05) is 9.64 Å². The lowest BCUT2D eigenvalue weighted by Crippen LogP contribution is -2.28. The molecule has 1 aromatic carbocycles. The Morgan fingerprint density at radius 1 is 1.07 bits per heavy atom. The van der Waals surface area contributed by atoms with Crippen LogP contribution in [0.1, 0.15) is 132 Å². The van der Waals surface area contributed by atoms with Crippen molar-refractivity contribution in [2.75, 3.05) is 0 Å². The minimum atomic E-state index is -1.04. The third kappa shape index (κ3) is 8.98. The molecule has 1 unspecified atom stereocenters. The summed E-state index contributed by atoms with van der Waals surface area (Å²) in [6.45, 7) is 24.9. The molecule has 0 saturated heterocycles. The van der Waals surface area contributed by atoms with Gasteiger partial charge in [0.05, 0.1) is 0 Å². The number of thioether (sulfide) groups is 1. The summed E-state index contributed by atoms with van der Waals surface area (Å²) in [5.41, 5.74) is 10.5. The van der Waals surface area contributed by atoms with Crippen molar-refractivity contribution in [1.29, 1.82) is 0 Å². The van der Waals surface area contributed by atoms with Crippen LogP contribution in [0.2, 0.25) is 0 Å². The van der Waals surface area contributed by atoms with Crippen molar-refractivity contribution in [2.24, 2.45) is 5.92 Å². The normalized spacial score (nSPS) is 19.8. The largest absolute Gasteiger partial charge is 0.244 e. The Hall–Kier alpha value is -2.06. The van der Waals surface area contributed by atoms with E-state index in [-0.39, 0.29) is 10.7 Å². The molecule has 2 aliphatic rings. The Morgan fingerprint density at radius 2 is 1.74 bits per heavy atom. The van der Waals surface area contributed by atoms with E-state index in [2.05, 4.69) is 105 Å². The number of rotatable bonds is 12. The molecule has 2 heteroatoms.